The Hall–Kier alpha value is -2.64. The van der Waals surface area contributed by atoms with Crippen LogP contribution in [-0.4, -0.2) is 34.0 Å². The average Bonchev–Trinajstić information content (AvgIpc) is 3.09. The molecule has 2 amide bonds. The van der Waals surface area contributed by atoms with E-state index in [1.54, 1.807) is 11.3 Å². The Morgan fingerprint density at radius 1 is 1.14 bits per heavy atom. The number of piperidine rings is 1. The van der Waals surface area contributed by atoms with E-state index in [1.165, 1.54) is 12.0 Å². The molecule has 3 aliphatic rings. The number of urea groups is 1. The number of fused-ring (bicyclic) bond motifs is 3. The number of nitrogens with two attached hydrogens (primary N) is 1. The lowest BCUT2D eigenvalue weighted by atomic mass is 9.76. The lowest BCUT2D eigenvalue weighted by Gasteiger charge is -2.55. The van der Waals surface area contributed by atoms with Gasteiger partial charge in [0.1, 0.15) is 5.75 Å². The molecule has 1 saturated carbocycles. The minimum Gasteiger partial charge on any atom is -0.431 e. The summed E-state index contributed by atoms with van der Waals surface area (Å²) in [6.45, 7) is 0.931. The molecule has 7 heteroatoms. The summed E-state index contributed by atoms with van der Waals surface area (Å²) >= 11 is 1.55. The first kappa shape index (κ1) is 17.5. The third kappa shape index (κ3) is 3.43. The van der Waals surface area contributed by atoms with Crippen LogP contribution in [0.15, 0.2) is 48.5 Å². The summed E-state index contributed by atoms with van der Waals surface area (Å²) in [5.74, 6) is 0.803. The molecule has 3 N–H and O–H groups in total. The summed E-state index contributed by atoms with van der Waals surface area (Å²) in [5, 5.41) is 3.52. The standard InChI is InChI=1S/C21H22N4O2S/c22-20(26)23-14-9-15-11-16(10-14)25(15)12-13-5-7-17(8-6-13)27-21-24-18-3-1-2-4-19(18)28-21/h1-8,14-16H,9-12H2,(H3,22,23,26). The molecule has 0 radical (unpaired) electrons. The van der Waals surface area contributed by atoms with Gasteiger partial charge < -0.3 is 15.8 Å². The van der Waals surface area contributed by atoms with Gasteiger partial charge in [0.25, 0.3) is 5.19 Å². The number of ether oxygens (including phenoxy) is 1. The maximum Gasteiger partial charge on any atom is 0.312 e. The first-order valence-electron chi connectivity index (χ1n) is 9.58. The number of benzene rings is 2. The molecule has 0 spiro atoms. The van der Waals surface area contributed by atoms with Gasteiger partial charge in [0.05, 0.1) is 10.2 Å². The number of amides is 2. The summed E-state index contributed by atoms with van der Waals surface area (Å²) in [6, 6.07) is 17.2. The minimum atomic E-state index is -0.415. The van der Waals surface area contributed by atoms with Crippen molar-refractivity contribution in [2.24, 2.45) is 5.73 Å². The van der Waals surface area contributed by atoms with Gasteiger partial charge in [0.15, 0.2) is 0 Å². The topological polar surface area (TPSA) is 80.5 Å². The maximum absolute atomic E-state index is 11.1. The highest BCUT2D eigenvalue weighted by Gasteiger charge is 2.45. The van der Waals surface area contributed by atoms with E-state index in [4.69, 9.17) is 10.5 Å². The normalized spacial score (nSPS) is 23.9. The Morgan fingerprint density at radius 2 is 1.89 bits per heavy atom. The number of primary amides is 1. The molecule has 6 rings (SSSR count). The highest BCUT2D eigenvalue weighted by atomic mass is 32.1. The van der Waals surface area contributed by atoms with Crippen molar-refractivity contribution in [3.05, 3.63) is 54.1 Å². The Balaban J connectivity index is 1.20. The molecular formula is C21H22N4O2S. The monoisotopic (exact) mass is 394 g/mol. The zero-order chi connectivity index (χ0) is 19.1. The molecular weight excluding hydrogens is 372 g/mol. The van der Waals surface area contributed by atoms with Crippen molar-refractivity contribution in [2.45, 2.75) is 43.9 Å². The van der Waals surface area contributed by atoms with Crippen LogP contribution in [0.25, 0.3) is 10.2 Å². The molecule has 144 valence electrons. The molecule has 3 heterocycles. The molecule has 28 heavy (non-hydrogen) atoms. The number of para-hydroxylation sites is 1. The van der Waals surface area contributed by atoms with Crippen LogP contribution in [0.2, 0.25) is 0 Å². The van der Waals surface area contributed by atoms with Gasteiger partial charge in [-0.15, -0.1) is 0 Å². The number of thiazole rings is 1. The molecule has 2 saturated heterocycles. The first-order chi connectivity index (χ1) is 13.6. The predicted octanol–water partition coefficient (Wildman–Crippen LogP) is 3.86. The molecule has 1 aromatic heterocycles. The van der Waals surface area contributed by atoms with E-state index in [0.717, 1.165) is 35.4 Å². The number of nitrogens with zero attached hydrogens (tertiary/aromatic N) is 2. The van der Waals surface area contributed by atoms with Crippen LogP contribution in [-0.2, 0) is 6.54 Å². The van der Waals surface area contributed by atoms with Gasteiger partial charge in [0.2, 0.25) is 0 Å². The van der Waals surface area contributed by atoms with Gasteiger partial charge in [0, 0.05) is 24.7 Å². The summed E-state index contributed by atoms with van der Waals surface area (Å²) in [7, 11) is 0. The second kappa shape index (κ2) is 7.07. The van der Waals surface area contributed by atoms with Crippen LogP contribution in [0.5, 0.6) is 10.9 Å². The summed E-state index contributed by atoms with van der Waals surface area (Å²) < 4.78 is 7.06. The number of nitrogens with one attached hydrogen (secondary N) is 1. The van der Waals surface area contributed by atoms with Gasteiger partial charge >= 0.3 is 6.03 Å². The van der Waals surface area contributed by atoms with Crippen molar-refractivity contribution >= 4 is 27.6 Å². The fraction of sp³-hybridized carbons (Fsp3) is 0.333. The number of rotatable bonds is 5. The van der Waals surface area contributed by atoms with Gasteiger partial charge in [-0.1, -0.05) is 35.6 Å². The summed E-state index contributed by atoms with van der Waals surface area (Å²) in [6.07, 6.45) is 3.19. The lowest BCUT2D eigenvalue weighted by Crippen LogP contribution is -2.64. The number of aromatic nitrogens is 1. The maximum atomic E-state index is 11.1. The van der Waals surface area contributed by atoms with Crippen molar-refractivity contribution in [2.75, 3.05) is 0 Å². The van der Waals surface area contributed by atoms with Gasteiger partial charge in [-0.2, -0.15) is 0 Å². The zero-order valence-electron chi connectivity index (χ0n) is 15.4. The van der Waals surface area contributed by atoms with Crippen molar-refractivity contribution in [3.63, 3.8) is 0 Å². The SMILES string of the molecule is NC(=O)NC1CC2CC(C1)N2Cc1ccc(Oc2nc3ccccc3s2)cc1. The number of hydrogen-bond acceptors (Lipinski definition) is 5. The lowest BCUT2D eigenvalue weighted by molar-refractivity contribution is -0.0458. The van der Waals surface area contributed by atoms with Gasteiger partial charge in [-0.25, -0.2) is 9.78 Å². The van der Waals surface area contributed by atoms with E-state index < -0.39 is 6.03 Å². The van der Waals surface area contributed by atoms with Gasteiger partial charge in [-0.05, 0) is 49.1 Å². The molecule has 3 fully saturated rings. The predicted molar refractivity (Wildman–Crippen MR) is 110 cm³/mol. The number of hydrogen-bond donors (Lipinski definition) is 2. The van der Waals surface area contributed by atoms with Crippen LogP contribution < -0.4 is 15.8 Å². The van der Waals surface area contributed by atoms with E-state index in [2.05, 4.69) is 33.4 Å². The molecule has 3 aromatic rings. The Morgan fingerprint density at radius 3 is 2.61 bits per heavy atom. The highest BCUT2D eigenvalue weighted by Crippen LogP contribution is 2.39. The first-order valence-corrected chi connectivity index (χ1v) is 10.4. The minimum absolute atomic E-state index is 0.224. The molecule has 2 aliphatic heterocycles. The van der Waals surface area contributed by atoms with E-state index in [9.17, 15) is 4.79 Å². The molecule has 2 unspecified atom stereocenters. The second-order valence-corrected chi connectivity index (χ2v) is 8.58. The summed E-state index contributed by atoms with van der Waals surface area (Å²) in [4.78, 5) is 18.1. The van der Waals surface area contributed by atoms with E-state index in [-0.39, 0.29) is 6.04 Å². The van der Waals surface area contributed by atoms with Gasteiger partial charge in [-0.3, -0.25) is 4.90 Å². The molecule has 2 atom stereocenters. The van der Waals surface area contributed by atoms with Crippen LogP contribution in [0.1, 0.15) is 24.8 Å². The van der Waals surface area contributed by atoms with Crippen LogP contribution in [0, 0.1) is 0 Å². The Kier molecular flexibility index (Phi) is 4.41. The van der Waals surface area contributed by atoms with Crippen molar-refractivity contribution in [1.82, 2.24) is 15.2 Å². The zero-order valence-corrected chi connectivity index (χ0v) is 16.2. The largest absolute Gasteiger partial charge is 0.431 e. The Bertz CT molecular complexity index is 958. The van der Waals surface area contributed by atoms with E-state index in [0.29, 0.717) is 17.3 Å². The van der Waals surface area contributed by atoms with Crippen LogP contribution in [0.4, 0.5) is 4.79 Å². The van der Waals surface area contributed by atoms with E-state index >= 15 is 0 Å². The molecule has 6 nitrogen and oxygen atoms in total. The second-order valence-electron chi connectivity index (χ2n) is 7.59. The quantitative estimate of drug-likeness (QED) is 0.689. The fourth-order valence-electron chi connectivity index (χ4n) is 4.41. The van der Waals surface area contributed by atoms with Crippen molar-refractivity contribution < 1.29 is 9.53 Å². The van der Waals surface area contributed by atoms with Crippen molar-refractivity contribution in [3.8, 4) is 10.9 Å². The third-order valence-corrected chi connectivity index (χ3v) is 6.62. The highest BCUT2D eigenvalue weighted by molar-refractivity contribution is 7.20. The van der Waals surface area contributed by atoms with E-state index in [1.807, 2.05) is 30.3 Å². The smallest absolute Gasteiger partial charge is 0.312 e. The van der Waals surface area contributed by atoms with Crippen LogP contribution in [0.3, 0.4) is 0 Å². The molecule has 1 aliphatic carbocycles. The number of carbonyl (C=O) groups is 1. The van der Waals surface area contributed by atoms with Crippen LogP contribution >= 0.6 is 11.3 Å². The summed E-state index contributed by atoms with van der Waals surface area (Å²) in [5.41, 5.74) is 7.49. The third-order valence-electron chi connectivity index (χ3n) is 5.71. The molecule has 2 aromatic carbocycles. The number of carbonyl (C=O) groups excluding carboxylic acids is 1. The average molecular weight is 395 g/mol. The Labute approximate surface area is 167 Å². The molecule has 2 bridgehead atoms. The fourth-order valence-corrected chi connectivity index (χ4v) is 5.24. The van der Waals surface area contributed by atoms with Crippen molar-refractivity contribution in [1.29, 1.82) is 0 Å².